The van der Waals surface area contributed by atoms with E-state index in [0.717, 1.165) is 41.9 Å². The third-order valence-corrected chi connectivity index (χ3v) is 4.98. The predicted molar refractivity (Wildman–Crippen MR) is 86.4 cm³/mol. The summed E-state index contributed by atoms with van der Waals surface area (Å²) in [6.07, 6.45) is 2.72. The fourth-order valence-electron chi connectivity index (χ4n) is 2.96. The third-order valence-electron chi connectivity index (χ3n) is 3.92. The molecule has 1 amide bonds. The highest BCUT2D eigenvalue weighted by Gasteiger charge is 2.32. The number of nitrogens with zero attached hydrogens (tertiary/aromatic N) is 2. The summed E-state index contributed by atoms with van der Waals surface area (Å²) in [4.78, 5) is 30.3. The number of aryl methyl sites for hydroxylation is 2. The molecule has 1 saturated heterocycles. The van der Waals surface area contributed by atoms with Gasteiger partial charge in [-0.3, -0.25) is 9.59 Å². The number of benzene rings is 1. The number of hydrogen-bond acceptors (Lipinski definition) is 4. The summed E-state index contributed by atoms with van der Waals surface area (Å²) in [5.74, 6) is -0.0119. The van der Waals surface area contributed by atoms with Crippen molar-refractivity contribution in [2.75, 3.05) is 6.54 Å². The molecule has 0 spiro atoms. The molecule has 4 nitrogen and oxygen atoms in total. The number of thiazole rings is 1. The van der Waals surface area contributed by atoms with Crippen LogP contribution < -0.4 is 0 Å². The number of hydrogen-bond donors (Lipinski definition) is 0. The van der Waals surface area contributed by atoms with E-state index >= 15 is 0 Å². The zero-order valence-electron chi connectivity index (χ0n) is 12.7. The Morgan fingerprint density at radius 1 is 1.36 bits per heavy atom. The van der Waals surface area contributed by atoms with Crippen LogP contribution in [0.15, 0.2) is 23.6 Å². The van der Waals surface area contributed by atoms with E-state index in [1.807, 2.05) is 30.2 Å². The lowest BCUT2D eigenvalue weighted by Crippen LogP contribution is -2.30. The molecule has 1 atom stereocenters. The van der Waals surface area contributed by atoms with E-state index < -0.39 is 0 Å². The summed E-state index contributed by atoms with van der Waals surface area (Å²) in [6, 6.07) is 5.37. The van der Waals surface area contributed by atoms with Gasteiger partial charge in [0.05, 0.1) is 6.04 Å². The number of rotatable bonds is 3. The zero-order valence-corrected chi connectivity index (χ0v) is 13.5. The SMILES string of the molecule is Cc1cc(C=O)cc(C(=O)N2CCC[C@@H]2c2nc(C)cs2)c1. The highest BCUT2D eigenvalue weighted by molar-refractivity contribution is 7.09. The van der Waals surface area contributed by atoms with Crippen LogP contribution in [0.5, 0.6) is 0 Å². The number of likely N-dealkylation sites (tertiary alicyclic amines) is 1. The fraction of sp³-hybridized carbons (Fsp3) is 0.353. The molecule has 5 heteroatoms. The third kappa shape index (κ3) is 2.81. The second-order valence-corrected chi connectivity index (χ2v) is 6.62. The van der Waals surface area contributed by atoms with Gasteiger partial charge in [0.15, 0.2) is 0 Å². The van der Waals surface area contributed by atoms with Gasteiger partial charge in [-0.2, -0.15) is 0 Å². The minimum atomic E-state index is -0.0119. The summed E-state index contributed by atoms with van der Waals surface area (Å²) in [6.45, 7) is 4.61. The van der Waals surface area contributed by atoms with Crippen molar-refractivity contribution in [2.45, 2.75) is 32.7 Å². The number of carbonyl (C=O) groups excluding carboxylic acids is 2. The van der Waals surface area contributed by atoms with E-state index in [1.54, 1.807) is 23.5 Å². The molecule has 2 aromatic rings. The van der Waals surface area contributed by atoms with E-state index in [1.165, 1.54) is 0 Å². The van der Waals surface area contributed by atoms with Crippen LogP contribution in [-0.2, 0) is 0 Å². The first-order valence-corrected chi connectivity index (χ1v) is 8.26. The van der Waals surface area contributed by atoms with Gasteiger partial charge in [-0.15, -0.1) is 11.3 Å². The van der Waals surface area contributed by atoms with Gasteiger partial charge >= 0.3 is 0 Å². The minimum absolute atomic E-state index is 0.0119. The first-order valence-electron chi connectivity index (χ1n) is 7.38. The van der Waals surface area contributed by atoms with E-state index in [2.05, 4.69) is 4.98 Å². The molecule has 1 fully saturated rings. The monoisotopic (exact) mass is 314 g/mol. The van der Waals surface area contributed by atoms with Gasteiger partial charge in [-0.25, -0.2) is 4.98 Å². The molecule has 1 aromatic heterocycles. The molecule has 0 unspecified atom stereocenters. The van der Waals surface area contributed by atoms with Crippen molar-refractivity contribution in [1.29, 1.82) is 0 Å². The number of aromatic nitrogens is 1. The van der Waals surface area contributed by atoms with Crippen molar-refractivity contribution in [1.82, 2.24) is 9.88 Å². The Labute approximate surface area is 133 Å². The topological polar surface area (TPSA) is 50.3 Å². The number of carbonyl (C=O) groups is 2. The maximum atomic E-state index is 12.8. The molecule has 22 heavy (non-hydrogen) atoms. The summed E-state index contributed by atoms with van der Waals surface area (Å²) in [5.41, 5.74) is 3.05. The molecule has 0 bridgehead atoms. The van der Waals surface area contributed by atoms with Gasteiger partial charge < -0.3 is 4.90 Å². The Hall–Kier alpha value is -2.01. The quantitative estimate of drug-likeness (QED) is 0.814. The van der Waals surface area contributed by atoms with Gasteiger partial charge in [0.25, 0.3) is 5.91 Å². The first-order chi connectivity index (χ1) is 10.6. The first kappa shape index (κ1) is 14.9. The second kappa shape index (κ2) is 6.01. The van der Waals surface area contributed by atoms with Crippen molar-refractivity contribution in [2.24, 2.45) is 0 Å². The van der Waals surface area contributed by atoms with Crippen LogP contribution in [0, 0.1) is 13.8 Å². The molecule has 0 radical (unpaired) electrons. The molecule has 0 aliphatic carbocycles. The molecule has 1 aliphatic heterocycles. The van der Waals surface area contributed by atoms with Gasteiger partial charge in [0.1, 0.15) is 11.3 Å². The highest BCUT2D eigenvalue weighted by atomic mass is 32.1. The Morgan fingerprint density at radius 2 is 2.18 bits per heavy atom. The van der Waals surface area contributed by atoms with Gasteiger partial charge in [-0.1, -0.05) is 0 Å². The lowest BCUT2D eigenvalue weighted by Gasteiger charge is -2.23. The standard InChI is InChI=1S/C17H18N2O2S/c1-11-6-13(9-20)8-14(7-11)17(21)19-5-3-4-15(19)16-18-12(2)10-22-16/h6-10,15H,3-5H2,1-2H3/t15-/m1/s1. The highest BCUT2D eigenvalue weighted by Crippen LogP contribution is 2.34. The van der Waals surface area contributed by atoms with Crippen LogP contribution in [0.1, 0.15) is 55.9 Å². The Morgan fingerprint density at radius 3 is 2.86 bits per heavy atom. The molecule has 3 rings (SSSR count). The van der Waals surface area contributed by atoms with Crippen molar-refractivity contribution < 1.29 is 9.59 Å². The molecule has 1 aliphatic rings. The van der Waals surface area contributed by atoms with Crippen molar-refractivity contribution in [3.8, 4) is 0 Å². The maximum absolute atomic E-state index is 12.8. The maximum Gasteiger partial charge on any atom is 0.254 e. The summed E-state index contributed by atoms with van der Waals surface area (Å²) < 4.78 is 0. The van der Waals surface area contributed by atoms with Crippen LogP contribution in [0.2, 0.25) is 0 Å². The van der Waals surface area contributed by atoms with Crippen LogP contribution in [0.3, 0.4) is 0 Å². The second-order valence-electron chi connectivity index (χ2n) is 5.73. The average molecular weight is 314 g/mol. The van der Waals surface area contributed by atoms with Crippen LogP contribution in [0.25, 0.3) is 0 Å². The molecular weight excluding hydrogens is 296 g/mol. The zero-order chi connectivity index (χ0) is 15.7. The van der Waals surface area contributed by atoms with Crippen LogP contribution in [-0.4, -0.2) is 28.6 Å². The molecule has 1 aromatic carbocycles. The molecule has 0 saturated carbocycles. The van der Waals surface area contributed by atoms with Crippen LogP contribution in [0.4, 0.5) is 0 Å². The lowest BCUT2D eigenvalue weighted by atomic mass is 10.1. The fourth-order valence-corrected chi connectivity index (χ4v) is 3.90. The van der Waals surface area contributed by atoms with Gasteiger partial charge in [0.2, 0.25) is 0 Å². The summed E-state index contributed by atoms with van der Waals surface area (Å²) >= 11 is 1.61. The summed E-state index contributed by atoms with van der Waals surface area (Å²) in [7, 11) is 0. The molecule has 2 heterocycles. The van der Waals surface area contributed by atoms with E-state index in [9.17, 15) is 9.59 Å². The Balaban J connectivity index is 1.90. The normalized spacial score (nSPS) is 17.7. The largest absolute Gasteiger partial charge is 0.329 e. The smallest absolute Gasteiger partial charge is 0.254 e. The van der Waals surface area contributed by atoms with E-state index in [0.29, 0.717) is 11.1 Å². The predicted octanol–water partition coefficient (Wildman–Crippen LogP) is 3.55. The van der Waals surface area contributed by atoms with E-state index in [4.69, 9.17) is 0 Å². The van der Waals surface area contributed by atoms with Crippen molar-refractivity contribution >= 4 is 23.5 Å². The molecule has 0 N–H and O–H groups in total. The van der Waals surface area contributed by atoms with Crippen LogP contribution >= 0.6 is 11.3 Å². The van der Waals surface area contributed by atoms with E-state index in [-0.39, 0.29) is 11.9 Å². The van der Waals surface area contributed by atoms with Crippen molar-refractivity contribution in [3.63, 3.8) is 0 Å². The number of aldehydes is 1. The Kier molecular flexibility index (Phi) is 4.07. The van der Waals surface area contributed by atoms with Gasteiger partial charge in [0, 0.05) is 28.7 Å². The average Bonchev–Trinajstić information content (AvgIpc) is 3.14. The number of amides is 1. The Bertz CT molecular complexity index is 723. The van der Waals surface area contributed by atoms with Crippen molar-refractivity contribution in [3.05, 3.63) is 51.0 Å². The summed E-state index contributed by atoms with van der Waals surface area (Å²) in [5, 5.41) is 3.03. The minimum Gasteiger partial charge on any atom is -0.329 e. The van der Waals surface area contributed by atoms with Gasteiger partial charge in [-0.05, 0) is 50.5 Å². The molecule has 114 valence electrons. The molecular formula is C17H18N2O2S. The lowest BCUT2D eigenvalue weighted by molar-refractivity contribution is 0.0735.